The molecule has 0 radical (unpaired) electrons. The molecule has 4 nitrogen and oxygen atoms in total. The molecule has 0 bridgehead atoms. The summed E-state index contributed by atoms with van der Waals surface area (Å²) in [6.45, 7) is 2.63. The van der Waals surface area contributed by atoms with E-state index in [1.54, 1.807) is 0 Å². The number of nitrogens with one attached hydrogen (secondary N) is 1. The van der Waals surface area contributed by atoms with E-state index < -0.39 is 29.2 Å². The maximum absolute atomic E-state index is 14.1. The van der Waals surface area contributed by atoms with Gasteiger partial charge in [0.1, 0.15) is 22.8 Å². The van der Waals surface area contributed by atoms with Crippen LogP contribution in [-0.4, -0.2) is 17.5 Å². The summed E-state index contributed by atoms with van der Waals surface area (Å²) in [5.41, 5.74) is 2.09. The van der Waals surface area contributed by atoms with Crippen molar-refractivity contribution >= 4 is 22.7 Å². The van der Waals surface area contributed by atoms with Gasteiger partial charge in [-0.05, 0) is 29.7 Å². The molecule has 1 N–H and O–H groups in total. The number of urea groups is 1. The maximum Gasteiger partial charge on any atom is 0.322 e. The van der Waals surface area contributed by atoms with Gasteiger partial charge in [-0.2, -0.15) is 0 Å². The summed E-state index contributed by atoms with van der Waals surface area (Å²) in [6, 6.07) is 18.1. The number of unbranched alkanes of at least 4 members (excludes halogenated alkanes) is 4. The quantitative estimate of drug-likeness (QED) is 0.225. The molecule has 2 amide bonds. The molecule has 1 heterocycles. The Hall–Kier alpha value is -3.74. The Kier molecular flexibility index (Phi) is 8.31. The van der Waals surface area contributed by atoms with Crippen molar-refractivity contribution in [3.63, 3.8) is 0 Å². The first-order chi connectivity index (χ1) is 17.4. The predicted molar refractivity (Wildman–Crippen MR) is 136 cm³/mol. The van der Waals surface area contributed by atoms with Crippen LogP contribution in [0.4, 0.5) is 23.7 Å². The summed E-state index contributed by atoms with van der Waals surface area (Å²) in [6.07, 6.45) is 4.90. The molecule has 0 fully saturated rings. The fourth-order valence-corrected chi connectivity index (χ4v) is 4.17. The number of anilines is 1. The van der Waals surface area contributed by atoms with Gasteiger partial charge in [0.2, 0.25) is 0 Å². The zero-order valence-corrected chi connectivity index (χ0v) is 20.2. The smallest absolute Gasteiger partial charge is 0.322 e. The van der Waals surface area contributed by atoms with Crippen molar-refractivity contribution in [2.24, 2.45) is 0 Å². The van der Waals surface area contributed by atoms with Gasteiger partial charge in [-0.1, -0.05) is 75.1 Å². The van der Waals surface area contributed by atoms with Gasteiger partial charge >= 0.3 is 6.03 Å². The molecule has 4 rings (SSSR count). The lowest BCUT2D eigenvalue weighted by atomic mass is 10.0. The minimum atomic E-state index is -1.17. The second-order valence-corrected chi connectivity index (χ2v) is 8.84. The molecule has 1 aromatic heterocycles. The van der Waals surface area contributed by atoms with Gasteiger partial charge < -0.3 is 14.6 Å². The molecule has 0 aliphatic carbocycles. The Labute approximate surface area is 208 Å². The first kappa shape index (κ1) is 25.4. The standard InChI is InChI=1S/C29H29F3N2O2/c1-2-3-4-5-9-14-34(29(35)33-28-25(31)17-23(30)18-26(28)32)19-24-15-22-13-12-21(16-27(22)36-24)20-10-7-6-8-11-20/h6-8,10-13,15-18H,2-5,9,14,19H2,1H3,(H,33,35). The molecule has 4 aromatic rings. The minimum Gasteiger partial charge on any atom is -0.459 e. The molecule has 0 aliphatic heterocycles. The SMILES string of the molecule is CCCCCCCN(Cc1cc2ccc(-c3ccccc3)cc2o1)C(=O)Nc1c(F)cc(F)cc1F. The Bertz CT molecular complexity index is 1300. The first-order valence-electron chi connectivity index (χ1n) is 12.2. The number of benzene rings is 3. The monoisotopic (exact) mass is 494 g/mol. The van der Waals surface area contributed by atoms with E-state index in [2.05, 4.69) is 12.2 Å². The van der Waals surface area contributed by atoms with Crippen LogP contribution in [0.3, 0.4) is 0 Å². The number of hydrogen-bond acceptors (Lipinski definition) is 2. The highest BCUT2D eigenvalue weighted by atomic mass is 19.1. The Morgan fingerprint density at radius 3 is 2.31 bits per heavy atom. The van der Waals surface area contributed by atoms with Crippen molar-refractivity contribution < 1.29 is 22.4 Å². The highest BCUT2D eigenvalue weighted by molar-refractivity contribution is 5.90. The molecule has 0 unspecified atom stereocenters. The topological polar surface area (TPSA) is 45.5 Å². The Morgan fingerprint density at radius 2 is 1.58 bits per heavy atom. The van der Waals surface area contributed by atoms with Gasteiger partial charge in [0.15, 0.2) is 11.6 Å². The molecule has 0 aliphatic rings. The zero-order chi connectivity index (χ0) is 25.5. The van der Waals surface area contributed by atoms with Crippen molar-refractivity contribution in [2.45, 2.75) is 45.6 Å². The third-order valence-corrected chi connectivity index (χ3v) is 6.08. The number of amides is 2. The highest BCUT2D eigenvalue weighted by Gasteiger charge is 2.20. The van der Waals surface area contributed by atoms with Gasteiger partial charge in [0.25, 0.3) is 0 Å². The third-order valence-electron chi connectivity index (χ3n) is 6.08. The lowest BCUT2D eigenvalue weighted by molar-refractivity contribution is 0.203. The van der Waals surface area contributed by atoms with Crippen molar-refractivity contribution in [3.8, 4) is 11.1 Å². The second kappa shape index (κ2) is 11.8. The predicted octanol–water partition coefficient (Wildman–Crippen LogP) is 8.52. The average Bonchev–Trinajstić information content (AvgIpc) is 3.27. The number of halogens is 3. The molecule has 36 heavy (non-hydrogen) atoms. The number of fused-ring (bicyclic) bond motifs is 1. The number of carbonyl (C=O) groups is 1. The van der Waals surface area contributed by atoms with E-state index in [0.717, 1.165) is 48.6 Å². The molecule has 0 atom stereocenters. The number of nitrogens with zero attached hydrogens (tertiary/aromatic N) is 1. The maximum atomic E-state index is 14.1. The number of hydrogen-bond donors (Lipinski definition) is 1. The van der Waals surface area contributed by atoms with Crippen LogP contribution in [0.5, 0.6) is 0 Å². The van der Waals surface area contributed by atoms with E-state index >= 15 is 0 Å². The molecular weight excluding hydrogens is 465 g/mol. The van der Waals surface area contributed by atoms with E-state index in [1.807, 2.05) is 54.6 Å². The van der Waals surface area contributed by atoms with Gasteiger partial charge in [-0.25, -0.2) is 18.0 Å². The third kappa shape index (κ3) is 6.27. The largest absolute Gasteiger partial charge is 0.459 e. The van der Waals surface area contributed by atoms with Crippen molar-refractivity contribution in [2.75, 3.05) is 11.9 Å². The van der Waals surface area contributed by atoms with Gasteiger partial charge in [0.05, 0.1) is 6.54 Å². The van der Waals surface area contributed by atoms with Crippen LogP contribution in [-0.2, 0) is 6.54 Å². The van der Waals surface area contributed by atoms with Gasteiger partial charge in [-0.15, -0.1) is 0 Å². The summed E-state index contributed by atoms with van der Waals surface area (Å²) in [5.74, 6) is -2.83. The van der Waals surface area contributed by atoms with Crippen LogP contribution in [0.25, 0.3) is 22.1 Å². The van der Waals surface area contributed by atoms with Crippen LogP contribution in [0, 0.1) is 17.5 Å². The summed E-state index contributed by atoms with van der Waals surface area (Å²) >= 11 is 0. The Balaban J connectivity index is 1.53. The number of carbonyl (C=O) groups excluding carboxylic acids is 1. The van der Waals surface area contributed by atoms with E-state index in [1.165, 1.54) is 4.90 Å². The van der Waals surface area contributed by atoms with Crippen molar-refractivity contribution in [3.05, 3.63) is 89.9 Å². The minimum absolute atomic E-state index is 0.124. The number of rotatable bonds is 10. The van der Waals surface area contributed by atoms with Crippen LogP contribution in [0.15, 0.2) is 71.1 Å². The molecule has 0 saturated heterocycles. The highest BCUT2D eigenvalue weighted by Crippen LogP contribution is 2.28. The molecule has 0 spiro atoms. The summed E-state index contributed by atoms with van der Waals surface area (Å²) < 4.78 is 47.6. The van der Waals surface area contributed by atoms with Gasteiger partial charge in [0, 0.05) is 24.1 Å². The van der Waals surface area contributed by atoms with Gasteiger partial charge in [-0.3, -0.25) is 0 Å². The van der Waals surface area contributed by atoms with Crippen LogP contribution in [0.1, 0.15) is 44.8 Å². The van der Waals surface area contributed by atoms with E-state index in [-0.39, 0.29) is 6.54 Å². The van der Waals surface area contributed by atoms with E-state index in [9.17, 15) is 18.0 Å². The molecule has 188 valence electrons. The summed E-state index contributed by atoms with van der Waals surface area (Å²) in [5, 5.41) is 3.16. The summed E-state index contributed by atoms with van der Waals surface area (Å²) in [7, 11) is 0. The van der Waals surface area contributed by atoms with Crippen LogP contribution < -0.4 is 5.32 Å². The average molecular weight is 495 g/mol. The normalized spacial score (nSPS) is 11.1. The molecular formula is C29H29F3N2O2. The zero-order valence-electron chi connectivity index (χ0n) is 20.2. The van der Waals surface area contributed by atoms with Crippen LogP contribution >= 0.6 is 0 Å². The second-order valence-electron chi connectivity index (χ2n) is 8.84. The lowest BCUT2D eigenvalue weighted by Crippen LogP contribution is -2.35. The number of furan rings is 1. The van der Waals surface area contributed by atoms with Crippen molar-refractivity contribution in [1.29, 1.82) is 0 Å². The fraction of sp³-hybridized carbons (Fsp3) is 0.276. The van der Waals surface area contributed by atoms with Crippen molar-refractivity contribution in [1.82, 2.24) is 4.90 Å². The van der Waals surface area contributed by atoms with Crippen LogP contribution in [0.2, 0.25) is 0 Å². The Morgan fingerprint density at radius 1 is 0.861 bits per heavy atom. The summed E-state index contributed by atoms with van der Waals surface area (Å²) in [4.78, 5) is 14.5. The molecule has 3 aromatic carbocycles. The van der Waals surface area contributed by atoms with E-state index in [0.29, 0.717) is 30.0 Å². The van der Waals surface area contributed by atoms with E-state index in [4.69, 9.17) is 4.42 Å². The lowest BCUT2D eigenvalue weighted by Gasteiger charge is -2.22. The molecule has 0 saturated carbocycles. The fourth-order valence-electron chi connectivity index (χ4n) is 4.17. The first-order valence-corrected chi connectivity index (χ1v) is 12.2. The molecule has 7 heteroatoms.